The first-order valence-corrected chi connectivity index (χ1v) is 11.2. The molecule has 0 spiro atoms. The average Bonchev–Trinajstić information content (AvgIpc) is 3.46. The number of hydrogen-bond acceptors (Lipinski definition) is 8. The molecular weight excluding hydrogens is 420 g/mol. The van der Waals surface area contributed by atoms with Crippen LogP contribution in [0.2, 0.25) is 0 Å². The molecule has 3 aromatic rings. The fourth-order valence-electron chi connectivity index (χ4n) is 4.73. The van der Waals surface area contributed by atoms with Crippen molar-refractivity contribution >= 4 is 23.2 Å². The van der Waals surface area contributed by atoms with E-state index in [1.807, 2.05) is 35.9 Å². The molecule has 9 nitrogen and oxygen atoms in total. The molecule has 1 N–H and O–H groups in total. The second-order valence-electron chi connectivity index (χ2n) is 8.49. The predicted molar refractivity (Wildman–Crippen MR) is 125 cm³/mol. The van der Waals surface area contributed by atoms with Crippen molar-refractivity contribution in [3.63, 3.8) is 0 Å². The van der Waals surface area contributed by atoms with Crippen molar-refractivity contribution in [2.45, 2.75) is 45.3 Å². The molecule has 0 aliphatic carbocycles. The van der Waals surface area contributed by atoms with Gasteiger partial charge in [0.2, 0.25) is 5.95 Å². The minimum absolute atomic E-state index is 0.0324. The number of benzene rings is 1. The standard InChI is InChI=1S/C24H28N6O3/c1-5-18-17-10-21(31)20-9-16(32-3)12-30(20)23(17)28-24(27-18)26-15-6-7-19(22(8-15)33-4)29-11-14(2)25-13-29/h6-8,11,13,16,20H,5,9-10,12H2,1-4H3,(H,26,27,28). The first-order chi connectivity index (χ1) is 16.0. The van der Waals surface area contributed by atoms with E-state index in [0.717, 1.165) is 40.6 Å². The largest absolute Gasteiger partial charge is 0.494 e. The summed E-state index contributed by atoms with van der Waals surface area (Å²) < 4.78 is 13.1. The molecule has 2 aliphatic rings. The lowest BCUT2D eigenvalue weighted by Gasteiger charge is -2.32. The lowest BCUT2D eigenvalue weighted by atomic mass is 9.95. The molecule has 172 valence electrons. The first kappa shape index (κ1) is 21.4. The van der Waals surface area contributed by atoms with Gasteiger partial charge >= 0.3 is 0 Å². The average molecular weight is 449 g/mol. The number of methoxy groups -OCH3 is 2. The fourth-order valence-corrected chi connectivity index (χ4v) is 4.73. The highest BCUT2D eigenvalue weighted by Gasteiger charge is 2.42. The molecular formula is C24H28N6O3. The number of Topliss-reactive ketones (excluding diaryl/α,β-unsaturated/α-hetero) is 1. The number of ether oxygens (including phenoxy) is 2. The van der Waals surface area contributed by atoms with Crippen molar-refractivity contribution in [1.82, 2.24) is 19.5 Å². The molecule has 0 amide bonds. The Kier molecular flexibility index (Phi) is 5.49. The fraction of sp³-hybridized carbons (Fsp3) is 0.417. The Balaban J connectivity index is 1.49. The minimum Gasteiger partial charge on any atom is -0.494 e. The van der Waals surface area contributed by atoms with E-state index in [1.54, 1.807) is 20.5 Å². The summed E-state index contributed by atoms with van der Waals surface area (Å²) in [5.74, 6) is 2.27. The number of imidazole rings is 1. The molecule has 2 aliphatic heterocycles. The highest BCUT2D eigenvalue weighted by molar-refractivity contribution is 5.94. The van der Waals surface area contributed by atoms with Crippen LogP contribution in [0.5, 0.6) is 5.75 Å². The van der Waals surface area contributed by atoms with Crippen LogP contribution in [0.1, 0.15) is 30.3 Å². The molecule has 1 saturated heterocycles. The van der Waals surface area contributed by atoms with E-state index in [2.05, 4.69) is 22.1 Å². The summed E-state index contributed by atoms with van der Waals surface area (Å²) >= 11 is 0. The topological polar surface area (TPSA) is 94.4 Å². The van der Waals surface area contributed by atoms with Gasteiger partial charge in [0.05, 0.1) is 42.7 Å². The molecule has 5 rings (SSSR count). The Labute approximate surface area is 192 Å². The maximum Gasteiger partial charge on any atom is 0.229 e. The van der Waals surface area contributed by atoms with E-state index < -0.39 is 0 Å². The lowest BCUT2D eigenvalue weighted by Crippen LogP contribution is -2.42. The molecule has 2 aromatic heterocycles. The molecule has 4 heterocycles. The van der Waals surface area contributed by atoms with Crippen LogP contribution in [0.4, 0.5) is 17.5 Å². The molecule has 33 heavy (non-hydrogen) atoms. The van der Waals surface area contributed by atoms with E-state index >= 15 is 0 Å². The van der Waals surface area contributed by atoms with Crippen LogP contribution in [0, 0.1) is 6.92 Å². The van der Waals surface area contributed by atoms with Crippen LogP contribution in [0.25, 0.3) is 5.69 Å². The molecule has 2 unspecified atom stereocenters. The number of nitrogens with zero attached hydrogens (tertiary/aromatic N) is 5. The highest BCUT2D eigenvalue weighted by Crippen LogP contribution is 2.37. The van der Waals surface area contributed by atoms with Crippen molar-refractivity contribution < 1.29 is 14.3 Å². The van der Waals surface area contributed by atoms with Gasteiger partial charge in [0, 0.05) is 50.0 Å². The molecule has 1 fully saturated rings. The van der Waals surface area contributed by atoms with Gasteiger partial charge in [0.25, 0.3) is 0 Å². The van der Waals surface area contributed by atoms with Gasteiger partial charge in [-0.2, -0.15) is 4.98 Å². The third kappa shape index (κ3) is 3.82. The van der Waals surface area contributed by atoms with Crippen LogP contribution in [-0.2, 0) is 22.4 Å². The van der Waals surface area contributed by atoms with Crippen LogP contribution < -0.4 is 15.0 Å². The number of rotatable bonds is 6. The summed E-state index contributed by atoms with van der Waals surface area (Å²) in [6.45, 7) is 4.66. The van der Waals surface area contributed by atoms with Crippen LogP contribution >= 0.6 is 0 Å². The van der Waals surface area contributed by atoms with Gasteiger partial charge in [0.15, 0.2) is 5.78 Å². The summed E-state index contributed by atoms with van der Waals surface area (Å²) in [6.07, 6.45) is 5.55. The maximum atomic E-state index is 12.8. The van der Waals surface area contributed by atoms with Crippen molar-refractivity contribution in [2.75, 3.05) is 31.0 Å². The predicted octanol–water partition coefficient (Wildman–Crippen LogP) is 3.00. The SMILES string of the molecule is CCc1nc(Nc2ccc(-n3cnc(C)c3)c(OC)c2)nc2c1CC(=O)C1CC(OC)CN21. The summed E-state index contributed by atoms with van der Waals surface area (Å²) in [5, 5.41) is 3.33. The third-order valence-corrected chi connectivity index (χ3v) is 6.42. The van der Waals surface area contributed by atoms with Gasteiger partial charge in [-0.15, -0.1) is 0 Å². The Morgan fingerprint density at radius 1 is 1.24 bits per heavy atom. The van der Waals surface area contributed by atoms with E-state index in [4.69, 9.17) is 19.4 Å². The number of ketones is 1. The maximum absolute atomic E-state index is 12.8. The van der Waals surface area contributed by atoms with Crippen LogP contribution in [0.3, 0.4) is 0 Å². The molecule has 1 aromatic carbocycles. The molecule has 0 saturated carbocycles. The number of fused-ring (bicyclic) bond motifs is 3. The Morgan fingerprint density at radius 3 is 2.79 bits per heavy atom. The number of carbonyl (C=O) groups is 1. The number of anilines is 3. The van der Waals surface area contributed by atoms with Crippen molar-refractivity contribution in [3.05, 3.63) is 47.7 Å². The smallest absolute Gasteiger partial charge is 0.229 e. The number of aryl methyl sites for hydroxylation is 2. The number of carbonyl (C=O) groups excluding carboxylic acids is 1. The Morgan fingerprint density at radius 2 is 2.09 bits per heavy atom. The molecule has 0 bridgehead atoms. The van der Waals surface area contributed by atoms with Crippen LogP contribution in [-0.4, -0.2) is 58.2 Å². The van der Waals surface area contributed by atoms with Gasteiger partial charge in [-0.1, -0.05) is 6.92 Å². The van der Waals surface area contributed by atoms with Crippen LogP contribution in [0.15, 0.2) is 30.7 Å². The zero-order valence-corrected chi connectivity index (χ0v) is 19.3. The lowest BCUT2D eigenvalue weighted by molar-refractivity contribution is -0.120. The van der Waals surface area contributed by atoms with Gasteiger partial charge in [-0.25, -0.2) is 9.97 Å². The van der Waals surface area contributed by atoms with Gasteiger partial charge in [0.1, 0.15) is 11.6 Å². The summed E-state index contributed by atoms with van der Waals surface area (Å²) in [5.41, 5.74) is 4.47. The second-order valence-corrected chi connectivity index (χ2v) is 8.49. The molecule has 9 heteroatoms. The molecule has 0 radical (unpaired) electrons. The Hall–Kier alpha value is -3.46. The van der Waals surface area contributed by atoms with Crippen molar-refractivity contribution in [3.8, 4) is 11.4 Å². The summed E-state index contributed by atoms with van der Waals surface area (Å²) in [6, 6.07) is 5.68. The van der Waals surface area contributed by atoms with E-state index in [1.165, 1.54) is 0 Å². The quantitative estimate of drug-likeness (QED) is 0.615. The number of aromatic nitrogens is 4. The zero-order valence-electron chi connectivity index (χ0n) is 19.3. The number of hydrogen-bond donors (Lipinski definition) is 1. The van der Waals surface area contributed by atoms with E-state index in [9.17, 15) is 4.79 Å². The van der Waals surface area contributed by atoms with Crippen molar-refractivity contribution in [1.29, 1.82) is 0 Å². The normalized spacial score (nSPS) is 19.4. The third-order valence-electron chi connectivity index (χ3n) is 6.42. The highest BCUT2D eigenvalue weighted by atomic mass is 16.5. The Bertz CT molecular complexity index is 1210. The van der Waals surface area contributed by atoms with E-state index in [-0.39, 0.29) is 17.9 Å². The van der Waals surface area contributed by atoms with E-state index in [0.29, 0.717) is 31.1 Å². The number of nitrogens with one attached hydrogen (secondary N) is 1. The molecule has 2 atom stereocenters. The summed E-state index contributed by atoms with van der Waals surface area (Å²) in [7, 11) is 3.34. The second kappa shape index (κ2) is 8.47. The minimum atomic E-state index is -0.173. The monoisotopic (exact) mass is 448 g/mol. The van der Waals surface area contributed by atoms with Gasteiger partial charge < -0.3 is 24.3 Å². The van der Waals surface area contributed by atoms with Crippen molar-refractivity contribution in [2.24, 2.45) is 0 Å². The van der Waals surface area contributed by atoms with Gasteiger partial charge in [-0.3, -0.25) is 4.79 Å². The zero-order chi connectivity index (χ0) is 23.1. The van der Waals surface area contributed by atoms with Gasteiger partial charge in [-0.05, 0) is 25.5 Å². The first-order valence-electron chi connectivity index (χ1n) is 11.2. The summed E-state index contributed by atoms with van der Waals surface area (Å²) in [4.78, 5) is 28.7.